The Balaban J connectivity index is 1.65. The van der Waals surface area contributed by atoms with Gasteiger partial charge in [0.2, 0.25) is 0 Å². The van der Waals surface area contributed by atoms with Crippen molar-refractivity contribution in [1.82, 2.24) is 5.32 Å². The molecule has 0 spiro atoms. The Bertz CT molecular complexity index is 968. The Morgan fingerprint density at radius 2 is 1.37 bits per heavy atom. The number of hydrogen-bond acceptors (Lipinski definition) is 5. The van der Waals surface area contributed by atoms with Crippen LogP contribution in [0.5, 0.6) is 23.0 Å². The highest BCUT2D eigenvalue weighted by atomic mass is 16.5. The van der Waals surface area contributed by atoms with Crippen LogP contribution in [0.4, 0.5) is 0 Å². The molecule has 0 aliphatic rings. The molecule has 1 amide bonds. The first-order valence-electron chi connectivity index (χ1n) is 9.48. The van der Waals surface area contributed by atoms with Crippen LogP contribution in [-0.4, -0.2) is 27.2 Å². The van der Waals surface area contributed by atoms with Crippen LogP contribution in [0, 0.1) is 0 Å². The van der Waals surface area contributed by atoms with Gasteiger partial charge >= 0.3 is 0 Å². The first-order valence-corrected chi connectivity index (χ1v) is 9.48. The Kier molecular flexibility index (Phi) is 7.16. The van der Waals surface area contributed by atoms with Gasteiger partial charge in [0.15, 0.2) is 0 Å². The summed E-state index contributed by atoms with van der Waals surface area (Å²) in [5.74, 6) is 2.73. The normalized spacial score (nSPS) is 10.2. The van der Waals surface area contributed by atoms with Gasteiger partial charge in [-0.05, 0) is 60.2 Å². The van der Waals surface area contributed by atoms with Gasteiger partial charge in [-0.1, -0.05) is 12.1 Å². The molecule has 3 aromatic carbocycles. The number of methoxy groups -OCH3 is 3. The molecule has 0 saturated heterocycles. The number of carbonyl (C=O) groups is 1. The van der Waals surface area contributed by atoms with Crippen molar-refractivity contribution in [3.05, 3.63) is 83.4 Å². The van der Waals surface area contributed by atoms with Gasteiger partial charge in [0, 0.05) is 17.7 Å². The fraction of sp³-hybridized carbons (Fsp3) is 0.208. The molecule has 0 atom stereocenters. The second-order valence-corrected chi connectivity index (χ2v) is 6.52. The van der Waals surface area contributed by atoms with E-state index < -0.39 is 0 Å². The van der Waals surface area contributed by atoms with Crippen molar-refractivity contribution in [2.45, 2.75) is 13.2 Å². The third-order valence-electron chi connectivity index (χ3n) is 4.61. The summed E-state index contributed by atoms with van der Waals surface area (Å²) in [6, 6.07) is 20.2. The van der Waals surface area contributed by atoms with Gasteiger partial charge < -0.3 is 24.3 Å². The predicted octanol–water partition coefficient (Wildman–Crippen LogP) is 4.22. The summed E-state index contributed by atoms with van der Waals surface area (Å²) in [4.78, 5) is 12.6. The lowest BCUT2D eigenvalue weighted by Crippen LogP contribution is -2.23. The summed E-state index contributed by atoms with van der Waals surface area (Å²) in [5, 5.41) is 2.93. The van der Waals surface area contributed by atoms with E-state index in [1.165, 1.54) is 0 Å². The van der Waals surface area contributed by atoms with Gasteiger partial charge in [0.1, 0.15) is 29.6 Å². The van der Waals surface area contributed by atoms with Crippen LogP contribution in [0.25, 0.3) is 0 Å². The van der Waals surface area contributed by atoms with Crippen molar-refractivity contribution < 1.29 is 23.7 Å². The zero-order valence-corrected chi connectivity index (χ0v) is 17.3. The number of carbonyl (C=O) groups excluding carboxylic acids is 1. The van der Waals surface area contributed by atoms with Crippen molar-refractivity contribution in [1.29, 1.82) is 0 Å². The molecule has 0 bridgehead atoms. The van der Waals surface area contributed by atoms with E-state index in [1.807, 2.05) is 48.5 Å². The smallest absolute Gasteiger partial charge is 0.251 e. The van der Waals surface area contributed by atoms with E-state index in [9.17, 15) is 4.79 Å². The maximum Gasteiger partial charge on any atom is 0.251 e. The summed E-state index contributed by atoms with van der Waals surface area (Å²) in [6.45, 7) is 0.696. The molecule has 0 radical (unpaired) electrons. The number of rotatable bonds is 9. The molecule has 6 heteroatoms. The van der Waals surface area contributed by atoms with Crippen molar-refractivity contribution >= 4 is 5.91 Å². The Morgan fingerprint density at radius 3 is 1.97 bits per heavy atom. The Morgan fingerprint density at radius 1 is 0.767 bits per heavy atom. The standard InChI is InChI=1S/C24H25NO5/c1-27-20-7-4-17(5-8-20)15-25-24(26)18-6-13-23(29-3)19(14-18)16-30-22-11-9-21(28-2)10-12-22/h4-14H,15-16H2,1-3H3,(H,25,26). The molecule has 30 heavy (non-hydrogen) atoms. The average Bonchev–Trinajstić information content (AvgIpc) is 2.81. The minimum atomic E-state index is -0.167. The first-order chi connectivity index (χ1) is 14.6. The van der Waals surface area contributed by atoms with Crippen LogP contribution in [0.15, 0.2) is 66.7 Å². The molecule has 0 unspecified atom stereocenters. The zero-order valence-electron chi connectivity index (χ0n) is 17.3. The zero-order chi connectivity index (χ0) is 21.3. The highest BCUT2D eigenvalue weighted by Crippen LogP contribution is 2.23. The molecule has 3 aromatic rings. The molecule has 1 N–H and O–H groups in total. The van der Waals surface area contributed by atoms with Gasteiger partial charge in [-0.3, -0.25) is 4.79 Å². The quantitative estimate of drug-likeness (QED) is 0.575. The van der Waals surface area contributed by atoms with Crippen molar-refractivity contribution in [2.24, 2.45) is 0 Å². The molecular formula is C24H25NO5. The summed E-state index contributed by atoms with van der Waals surface area (Å²) in [6.07, 6.45) is 0. The molecule has 0 aliphatic heterocycles. The van der Waals surface area contributed by atoms with Gasteiger partial charge in [0.05, 0.1) is 21.3 Å². The van der Waals surface area contributed by atoms with Gasteiger partial charge in [-0.15, -0.1) is 0 Å². The van der Waals surface area contributed by atoms with Crippen LogP contribution in [0.3, 0.4) is 0 Å². The topological polar surface area (TPSA) is 66.0 Å². The van der Waals surface area contributed by atoms with Crippen LogP contribution in [0.1, 0.15) is 21.5 Å². The van der Waals surface area contributed by atoms with E-state index in [0.717, 1.165) is 22.6 Å². The largest absolute Gasteiger partial charge is 0.497 e. The van der Waals surface area contributed by atoms with Crippen molar-refractivity contribution in [2.75, 3.05) is 21.3 Å². The number of benzene rings is 3. The van der Waals surface area contributed by atoms with Gasteiger partial charge in [0.25, 0.3) is 5.91 Å². The lowest BCUT2D eigenvalue weighted by Gasteiger charge is -2.13. The molecule has 0 aromatic heterocycles. The van der Waals surface area contributed by atoms with Crippen LogP contribution >= 0.6 is 0 Å². The van der Waals surface area contributed by atoms with E-state index in [4.69, 9.17) is 18.9 Å². The highest BCUT2D eigenvalue weighted by molar-refractivity contribution is 5.94. The fourth-order valence-electron chi connectivity index (χ4n) is 2.89. The fourth-order valence-corrected chi connectivity index (χ4v) is 2.89. The SMILES string of the molecule is COc1ccc(CNC(=O)c2ccc(OC)c(COc3ccc(OC)cc3)c2)cc1. The molecule has 6 nitrogen and oxygen atoms in total. The molecule has 3 rings (SSSR count). The maximum absolute atomic E-state index is 12.6. The predicted molar refractivity (Wildman–Crippen MR) is 114 cm³/mol. The van der Waals surface area contributed by atoms with Crippen LogP contribution < -0.4 is 24.3 Å². The Labute approximate surface area is 176 Å². The summed E-state index contributed by atoms with van der Waals surface area (Å²) < 4.78 is 21.6. The van der Waals surface area contributed by atoms with E-state index in [0.29, 0.717) is 23.6 Å². The summed E-state index contributed by atoms with van der Waals surface area (Å²) in [5.41, 5.74) is 2.31. The maximum atomic E-state index is 12.6. The van der Waals surface area contributed by atoms with Gasteiger partial charge in [-0.2, -0.15) is 0 Å². The minimum Gasteiger partial charge on any atom is -0.497 e. The lowest BCUT2D eigenvalue weighted by molar-refractivity contribution is 0.0950. The molecule has 0 saturated carbocycles. The van der Waals surface area contributed by atoms with E-state index in [2.05, 4.69) is 5.32 Å². The van der Waals surface area contributed by atoms with Crippen molar-refractivity contribution in [3.63, 3.8) is 0 Å². The number of hydrogen-bond donors (Lipinski definition) is 1. The number of nitrogens with one attached hydrogen (secondary N) is 1. The third-order valence-corrected chi connectivity index (χ3v) is 4.61. The second kappa shape index (κ2) is 10.2. The minimum absolute atomic E-state index is 0.167. The molecular weight excluding hydrogens is 382 g/mol. The van der Waals surface area contributed by atoms with Gasteiger partial charge in [-0.25, -0.2) is 0 Å². The molecule has 0 aliphatic carbocycles. The summed E-state index contributed by atoms with van der Waals surface area (Å²) >= 11 is 0. The number of amides is 1. The molecule has 0 heterocycles. The highest BCUT2D eigenvalue weighted by Gasteiger charge is 2.11. The second-order valence-electron chi connectivity index (χ2n) is 6.52. The van der Waals surface area contributed by atoms with E-state index in [1.54, 1.807) is 39.5 Å². The molecule has 0 fully saturated rings. The monoisotopic (exact) mass is 407 g/mol. The summed E-state index contributed by atoms with van der Waals surface area (Å²) in [7, 11) is 4.83. The Hall–Kier alpha value is -3.67. The van der Waals surface area contributed by atoms with Crippen molar-refractivity contribution in [3.8, 4) is 23.0 Å². The van der Waals surface area contributed by atoms with Crippen LogP contribution in [0.2, 0.25) is 0 Å². The first kappa shape index (κ1) is 21.0. The van der Waals surface area contributed by atoms with Crippen LogP contribution in [-0.2, 0) is 13.2 Å². The average molecular weight is 407 g/mol. The number of ether oxygens (including phenoxy) is 4. The van der Waals surface area contributed by atoms with E-state index >= 15 is 0 Å². The third kappa shape index (κ3) is 5.44. The van der Waals surface area contributed by atoms with E-state index in [-0.39, 0.29) is 12.5 Å². The lowest BCUT2D eigenvalue weighted by atomic mass is 10.1. The molecule has 156 valence electrons.